The molecule has 2 aromatic heterocycles. The number of pyridine rings is 1. The van der Waals surface area contributed by atoms with Crippen molar-refractivity contribution in [3.05, 3.63) is 66.1 Å². The number of aromatic nitrogens is 3. The molecular weight excluding hydrogens is 323 g/mol. The number of benzene rings is 1. The van der Waals surface area contributed by atoms with Crippen molar-refractivity contribution in [3.8, 4) is 11.3 Å². The molecule has 0 fully saturated rings. The van der Waals surface area contributed by atoms with Crippen LogP contribution < -0.4 is 5.32 Å². The number of ether oxygens (including phenoxy) is 1. The van der Waals surface area contributed by atoms with Crippen molar-refractivity contribution in [2.75, 3.05) is 11.9 Å². The maximum Gasteiger partial charge on any atom is 0.338 e. The Kier molecular flexibility index (Phi) is 4.94. The van der Waals surface area contributed by atoms with Crippen LogP contribution in [0.1, 0.15) is 17.3 Å². The fourth-order valence-electron chi connectivity index (χ4n) is 2.15. The summed E-state index contributed by atoms with van der Waals surface area (Å²) in [5.41, 5.74) is 1.79. The van der Waals surface area contributed by atoms with E-state index in [1.807, 2.05) is 0 Å². The molecule has 3 rings (SSSR count). The molecule has 1 aromatic carbocycles. The minimum atomic E-state index is -0.411. The molecule has 3 aromatic rings. The lowest BCUT2D eigenvalue weighted by Crippen LogP contribution is -2.06. The van der Waals surface area contributed by atoms with Crippen LogP contribution in [-0.2, 0) is 4.74 Å². The van der Waals surface area contributed by atoms with Crippen LogP contribution in [0, 0.1) is 5.82 Å². The Morgan fingerprint density at radius 3 is 2.56 bits per heavy atom. The van der Waals surface area contributed by atoms with Gasteiger partial charge in [0.25, 0.3) is 0 Å². The monoisotopic (exact) mass is 338 g/mol. The zero-order valence-electron chi connectivity index (χ0n) is 13.4. The third-order valence-electron chi connectivity index (χ3n) is 3.33. The van der Waals surface area contributed by atoms with Crippen molar-refractivity contribution in [2.24, 2.45) is 0 Å². The highest BCUT2D eigenvalue weighted by Crippen LogP contribution is 2.19. The fraction of sp³-hybridized carbons (Fsp3) is 0.111. The topological polar surface area (TPSA) is 77.0 Å². The summed E-state index contributed by atoms with van der Waals surface area (Å²) < 4.78 is 17.9. The highest BCUT2D eigenvalue weighted by Gasteiger charge is 2.08. The maximum atomic E-state index is 13.0. The molecule has 0 atom stereocenters. The van der Waals surface area contributed by atoms with Crippen molar-refractivity contribution in [3.63, 3.8) is 0 Å². The quantitative estimate of drug-likeness (QED) is 0.716. The van der Waals surface area contributed by atoms with Gasteiger partial charge in [-0.3, -0.25) is 0 Å². The van der Waals surface area contributed by atoms with E-state index in [0.29, 0.717) is 29.5 Å². The van der Waals surface area contributed by atoms with Gasteiger partial charge in [-0.1, -0.05) is 0 Å². The molecule has 0 saturated carbocycles. The number of hydrogen-bond donors (Lipinski definition) is 1. The van der Waals surface area contributed by atoms with Crippen molar-refractivity contribution in [1.29, 1.82) is 0 Å². The molecule has 0 aliphatic carbocycles. The number of halogens is 1. The number of nitrogens with one attached hydrogen (secondary N) is 1. The average molecular weight is 338 g/mol. The lowest BCUT2D eigenvalue weighted by Gasteiger charge is -2.07. The molecule has 0 unspecified atom stereocenters. The molecule has 0 amide bonds. The standard InChI is InChI=1S/C18H15FN4O2/c1-2-25-18(24)13-9-10-20-17(11-13)21-16-8-7-15(22-23-16)12-3-5-14(19)6-4-12/h3-11H,2H2,1H3,(H,20,21,23). The summed E-state index contributed by atoms with van der Waals surface area (Å²) in [5, 5.41) is 11.2. The summed E-state index contributed by atoms with van der Waals surface area (Å²) >= 11 is 0. The summed E-state index contributed by atoms with van der Waals surface area (Å²) in [6.45, 7) is 2.05. The summed E-state index contributed by atoms with van der Waals surface area (Å²) in [7, 11) is 0. The smallest absolute Gasteiger partial charge is 0.338 e. The molecule has 6 nitrogen and oxygen atoms in total. The van der Waals surface area contributed by atoms with Crippen molar-refractivity contribution in [1.82, 2.24) is 15.2 Å². The molecule has 0 saturated heterocycles. The third kappa shape index (κ3) is 4.14. The molecule has 2 heterocycles. The Hall–Kier alpha value is -3.35. The van der Waals surface area contributed by atoms with Gasteiger partial charge in [0.1, 0.15) is 11.6 Å². The highest BCUT2D eigenvalue weighted by molar-refractivity contribution is 5.90. The Labute approximate surface area is 143 Å². The average Bonchev–Trinajstić information content (AvgIpc) is 2.64. The van der Waals surface area contributed by atoms with Gasteiger partial charge in [0, 0.05) is 11.8 Å². The lowest BCUT2D eigenvalue weighted by atomic mass is 10.1. The predicted octanol–water partition coefficient (Wildman–Crippen LogP) is 3.60. The molecule has 0 spiro atoms. The van der Waals surface area contributed by atoms with Crippen molar-refractivity contribution < 1.29 is 13.9 Å². The Balaban J connectivity index is 1.74. The molecule has 126 valence electrons. The number of carbonyl (C=O) groups is 1. The largest absolute Gasteiger partial charge is 0.462 e. The van der Waals surface area contributed by atoms with E-state index in [1.54, 1.807) is 43.3 Å². The summed E-state index contributed by atoms with van der Waals surface area (Å²) in [6, 6.07) is 12.7. The zero-order valence-corrected chi connectivity index (χ0v) is 13.4. The van der Waals surface area contributed by atoms with Gasteiger partial charge in [0.05, 0.1) is 17.9 Å². The zero-order chi connectivity index (χ0) is 17.6. The number of carbonyl (C=O) groups excluding carboxylic acids is 1. The van der Waals surface area contributed by atoms with Gasteiger partial charge in [-0.2, -0.15) is 0 Å². The first-order valence-electron chi connectivity index (χ1n) is 7.65. The van der Waals surface area contributed by atoms with E-state index in [-0.39, 0.29) is 5.82 Å². The summed E-state index contributed by atoms with van der Waals surface area (Å²) in [6.07, 6.45) is 1.51. The fourth-order valence-corrected chi connectivity index (χ4v) is 2.15. The second-order valence-corrected chi connectivity index (χ2v) is 5.09. The number of esters is 1. The molecule has 0 bridgehead atoms. The number of anilines is 2. The van der Waals surface area contributed by atoms with Crippen LogP contribution in [0.4, 0.5) is 16.0 Å². The minimum absolute atomic E-state index is 0.303. The number of hydrogen-bond acceptors (Lipinski definition) is 6. The first-order chi connectivity index (χ1) is 12.2. The molecule has 0 aliphatic heterocycles. The molecule has 0 aliphatic rings. The SMILES string of the molecule is CCOC(=O)c1ccnc(Nc2ccc(-c3ccc(F)cc3)nn2)c1. The Morgan fingerprint density at radius 2 is 1.88 bits per heavy atom. The van der Waals surface area contributed by atoms with Crippen LogP contribution in [0.3, 0.4) is 0 Å². The van der Waals surface area contributed by atoms with E-state index < -0.39 is 5.97 Å². The van der Waals surface area contributed by atoms with E-state index >= 15 is 0 Å². The van der Waals surface area contributed by atoms with Gasteiger partial charge in [-0.15, -0.1) is 10.2 Å². The van der Waals surface area contributed by atoms with Crippen LogP contribution in [0.15, 0.2) is 54.7 Å². The first-order valence-corrected chi connectivity index (χ1v) is 7.65. The molecule has 0 radical (unpaired) electrons. The molecule has 1 N–H and O–H groups in total. The van der Waals surface area contributed by atoms with E-state index in [9.17, 15) is 9.18 Å². The summed E-state index contributed by atoms with van der Waals surface area (Å²) in [4.78, 5) is 15.9. The van der Waals surface area contributed by atoms with Gasteiger partial charge >= 0.3 is 5.97 Å². The highest BCUT2D eigenvalue weighted by atomic mass is 19.1. The molecule has 7 heteroatoms. The Bertz CT molecular complexity index is 867. The van der Waals surface area contributed by atoms with E-state index in [0.717, 1.165) is 5.56 Å². The van der Waals surface area contributed by atoms with Crippen LogP contribution in [0.25, 0.3) is 11.3 Å². The van der Waals surface area contributed by atoms with E-state index in [1.165, 1.54) is 18.3 Å². The van der Waals surface area contributed by atoms with Gasteiger partial charge in [-0.05, 0) is 55.5 Å². The van der Waals surface area contributed by atoms with E-state index in [4.69, 9.17) is 4.74 Å². The first kappa shape index (κ1) is 16.5. The maximum absolute atomic E-state index is 13.0. The van der Waals surface area contributed by atoms with Crippen LogP contribution in [-0.4, -0.2) is 27.8 Å². The number of rotatable bonds is 5. The van der Waals surface area contributed by atoms with E-state index in [2.05, 4.69) is 20.5 Å². The predicted molar refractivity (Wildman–Crippen MR) is 90.9 cm³/mol. The van der Waals surface area contributed by atoms with Gasteiger partial charge < -0.3 is 10.1 Å². The lowest BCUT2D eigenvalue weighted by molar-refractivity contribution is 0.0526. The minimum Gasteiger partial charge on any atom is -0.462 e. The van der Waals surface area contributed by atoms with Gasteiger partial charge in [0.15, 0.2) is 5.82 Å². The third-order valence-corrected chi connectivity index (χ3v) is 3.33. The second-order valence-electron chi connectivity index (χ2n) is 5.09. The summed E-state index contributed by atoms with van der Waals surface area (Å²) in [5.74, 6) is 0.210. The van der Waals surface area contributed by atoms with Crippen LogP contribution >= 0.6 is 0 Å². The molecule has 25 heavy (non-hydrogen) atoms. The molecular formula is C18H15FN4O2. The Morgan fingerprint density at radius 1 is 1.08 bits per heavy atom. The number of nitrogens with zero attached hydrogens (tertiary/aromatic N) is 3. The van der Waals surface area contributed by atoms with Crippen LogP contribution in [0.2, 0.25) is 0 Å². The van der Waals surface area contributed by atoms with Crippen molar-refractivity contribution >= 4 is 17.6 Å². The van der Waals surface area contributed by atoms with Crippen molar-refractivity contribution in [2.45, 2.75) is 6.92 Å². The van der Waals surface area contributed by atoms with Crippen LogP contribution in [0.5, 0.6) is 0 Å². The second kappa shape index (κ2) is 7.48. The van der Waals surface area contributed by atoms with Gasteiger partial charge in [0.2, 0.25) is 0 Å². The van der Waals surface area contributed by atoms with Gasteiger partial charge in [-0.25, -0.2) is 14.2 Å². The normalized spacial score (nSPS) is 10.3.